The first-order valence-electron chi connectivity index (χ1n) is 5.92. The van der Waals surface area contributed by atoms with Gasteiger partial charge in [0.1, 0.15) is 4.49 Å². The minimum absolute atomic E-state index is 0.392. The predicted octanol–water partition coefficient (Wildman–Crippen LogP) is 5.80. The van der Waals surface area contributed by atoms with Crippen LogP contribution in [0.1, 0.15) is 31.2 Å². The van der Waals surface area contributed by atoms with Crippen molar-refractivity contribution >= 4 is 35.0 Å². The van der Waals surface area contributed by atoms with Gasteiger partial charge in [-0.25, -0.2) is 0 Å². The van der Waals surface area contributed by atoms with Crippen LogP contribution in [-0.4, -0.2) is 5.75 Å². The maximum absolute atomic E-state index is 5.53. The van der Waals surface area contributed by atoms with Crippen molar-refractivity contribution in [3.8, 4) is 0 Å². The molecule has 0 heterocycles. The van der Waals surface area contributed by atoms with Gasteiger partial charge in [0.15, 0.2) is 0 Å². The monoisotopic (exact) mass is 288 g/mol. The van der Waals surface area contributed by atoms with Crippen molar-refractivity contribution in [2.75, 3.05) is 5.75 Å². The van der Waals surface area contributed by atoms with Gasteiger partial charge in [0.2, 0.25) is 0 Å². The summed E-state index contributed by atoms with van der Waals surface area (Å²) in [5, 5.41) is 0. The molecule has 94 valence electrons. The molecule has 0 aliphatic rings. The maximum Gasteiger partial charge on any atom is 0.102 e. The summed E-state index contributed by atoms with van der Waals surface area (Å²) >= 11 is 13.1. The van der Waals surface area contributed by atoms with Crippen LogP contribution in [0.4, 0.5) is 0 Å². The van der Waals surface area contributed by atoms with Crippen LogP contribution < -0.4 is 0 Å². The van der Waals surface area contributed by atoms with Crippen molar-refractivity contribution in [3.63, 3.8) is 0 Å². The van der Waals surface area contributed by atoms with Crippen LogP contribution in [-0.2, 0) is 5.75 Å². The van der Waals surface area contributed by atoms with Gasteiger partial charge in [0.05, 0.1) is 0 Å². The average molecular weight is 289 g/mol. The number of thioether (sulfide) groups is 1. The van der Waals surface area contributed by atoms with Crippen LogP contribution in [0, 0.1) is 0 Å². The van der Waals surface area contributed by atoms with Crippen LogP contribution in [0.2, 0.25) is 0 Å². The Bertz CT molecular complexity index is 318. The lowest BCUT2D eigenvalue weighted by Crippen LogP contribution is -1.84. The summed E-state index contributed by atoms with van der Waals surface area (Å²) in [6.07, 6.45) is 6.56. The van der Waals surface area contributed by atoms with Crippen LogP contribution >= 0.6 is 35.0 Å². The van der Waals surface area contributed by atoms with Crippen molar-refractivity contribution in [1.82, 2.24) is 0 Å². The largest absolute Gasteiger partial charge is 0.157 e. The average Bonchev–Trinajstić information content (AvgIpc) is 2.33. The topological polar surface area (TPSA) is 0 Å². The molecule has 0 atom stereocenters. The van der Waals surface area contributed by atoms with Gasteiger partial charge < -0.3 is 0 Å². The number of allylic oxidation sites excluding steroid dienone is 1. The van der Waals surface area contributed by atoms with Gasteiger partial charge in [0, 0.05) is 5.75 Å². The summed E-state index contributed by atoms with van der Waals surface area (Å²) < 4.78 is 0.392. The van der Waals surface area contributed by atoms with Crippen LogP contribution in [0.25, 0.3) is 0 Å². The Balaban J connectivity index is 1.93. The van der Waals surface area contributed by atoms with Crippen molar-refractivity contribution in [2.24, 2.45) is 0 Å². The quantitative estimate of drug-likeness (QED) is 0.545. The summed E-state index contributed by atoms with van der Waals surface area (Å²) in [6.45, 7) is 0. The molecule has 0 saturated carbocycles. The van der Waals surface area contributed by atoms with E-state index in [9.17, 15) is 0 Å². The molecule has 1 rings (SSSR count). The summed E-state index contributed by atoms with van der Waals surface area (Å²) in [7, 11) is 0. The zero-order chi connectivity index (χ0) is 12.3. The highest BCUT2D eigenvalue weighted by molar-refractivity contribution is 7.98. The first-order chi connectivity index (χ1) is 8.29. The SMILES string of the molecule is ClC(Cl)=CCCCCCSCc1ccccc1. The Morgan fingerprint density at radius 1 is 1.06 bits per heavy atom. The van der Waals surface area contributed by atoms with Gasteiger partial charge in [0.25, 0.3) is 0 Å². The number of benzene rings is 1. The van der Waals surface area contributed by atoms with E-state index < -0.39 is 0 Å². The molecule has 0 amide bonds. The van der Waals surface area contributed by atoms with Gasteiger partial charge >= 0.3 is 0 Å². The van der Waals surface area contributed by atoms with E-state index in [-0.39, 0.29) is 0 Å². The van der Waals surface area contributed by atoms with Crippen molar-refractivity contribution < 1.29 is 0 Å². The van der Waals surface area contributed by atoms with E-state index in [0.717, 1.165) is 12.2 Å². The predicted molar refractivity (Wildman–Crippen MR) is 80.9 cm³/mol. The molecule has 1 aromatic rings. The summed E-state index contributed by atoms with van der Waals surface area (Å²) in [5.41, 5.74) is 1.41. The minimum Gasteiger partial charge on any atom is -0.157 e. The first-order valence-corrected chi connectivity index (χ1v) is 7.83. The smallest absolute Gasteiger partial charge is 0.102 e. The van der Waals surface area contributed by atoms with E-state index in [1.165, 1.54) is 30.6 Å². The summed E-state index contributed by atoms with van der Waals surface area (Å²) in [4.78, 5) is 0. The molecule has 0 N–H and O–H groups in total. The normalized spacial score (nSPS) is 10.2. The van der Waals surface area contributed by atoms with Gasteiger partial charge in [-0.2, -0.15) is 11.8 Å². The third-order valence-electron chi connectivity index (χ3n) is 2.40. The van der Waals surface area contributed by atoms with Gasteiger partial charge in [-0.15, -0.1) is 0 Å². The van der Waals surface area contributed by atoms with E-state index in [1.807, 2.05) is 17.8 Å². The number of unbranched alkanes of at least 4 members (excludes halogenated alkanes) is 3. The number of halogens is 2. The third kappa shape index (κ3) is 8.59. The van der Waals surface area contributed by atoms with Gasteiger partial charge in [-0.05, 0) is 30.6 Å². The third-order valence-corrected chi connectivity index (χ3v) is 3.83. The fraction of sp³-hybridized carbons (Fsp3) is 0.429. The molecule has 0 bridgehead atoms. The molecule has 17 heavy (non-hydrogen) atoms. The highest BCUT2D eigenvalue weighted by Crippen LogP contribution is 2.15. The summed E-state index contributed by atoms with van der Waals surface area (Å²) in [5.74, 6) is 2.35. The number of hydrogen-bond acceptors (Lipinski definition) is 1. The molecule has 0 radical (unpaired) electrons. The zero-order valence-electron chi connectivity index (χ0n) is 9.87. The second-order valence-corrected chi connectivity index (χ2v) is 5.99. The van der Waals surface area contributed by atoms with Gasteiger partial charge in [-0.3, -0.25) is 0 Å². The Morgan fingerprint density at radius 3 is 2.53 bits per heavy atom. The van der Waals surface area contributed by atoms with Crippen molar-refractivity contribution in [2.45, 2.75) is 31.4 Å². The Kier molecular flexibility index (Phi) is 8.68. The second kappa shape index (κ2) is 9.87. The molecule has 0 aromatic heterocycles. The van der Waals surface area contributed by atoms with Crippen LogP contribution in [0.15, 0.2) is 40.9 Å². The molecule has 0 spiro atoms. The zero-order valence-corrected chi connectivity index (χ0v) is 12.2. The molecule has 3 heteroatoms. The Labute approximate surface area is 118 Å². The minimum atomic E-state index is 0.392. The highest BCUT2D eigenvalue weighted by Gasteiger charge is 1.93. The number of rotatable bonds is 8. The molecule has 0 aliphatic heterocycles. The van der Waals surface area contributed by atoms with E-state index in [4.69, 9.17) is 23.2 Å². The standard InChI is InChI=1S/C14H18Cl2S/c15-14(16)10-6-1-2-7-11-17-12-13-8-4-3-5-9-13/h3-5,8-10H,1-2,6-7,11-12H2. The van der Waals surface area contributed by atoms with Gasteiger partial charge in [-0.1, -0.05) is 66.0 Å². The lowest BCUT2D eigenvalue weighted by molar-refractivity contribution is 0.734. The second-order valence-electron chi connectivity index (χ2n) is 3.88. The molecule has 0 unspecified atom stereocenters. The van der Waals surface area contributed by atoms with Crippen LogP contribution in [0.5, 0.6) is 0 Å². The molecule has 1 aromatic carbocycles. The first kappa shape index (κ1) is 14.9. The molecule has 0 saturated heterocycles. The molecular formula is C14H18Cl2S. The highest BCUT2D eigenvalue weighted by atomic mass is 35.5. The van der Waals surface area contributed by atoms with E-state index in [1.54, 1.807) is 0 Å². The maximum atomic E-state index is 5.53. The van der Waals surface area contributed by atoms with Crippen LogP contribution in [0.3, 0.4) is 0 Å². The van der Waals surface area contributed by atoms with Crippen molar-refractivity contribution in [3.05, 3.63) is 46.5 Å². The summed E-state index contributed by atoms with van der Waals surface area (Å²) in [6, 6.07) is 10.6. The fourth-order valence-corrected chi connectivity index (χ4v) is 2.70. The molecule has 0 aliphatic carbocycles. The molecular weight excluding hydrogens is 271 g/mol. The Morgan fingerprint density at radius 2 is 1.82 bits per heavy atom. The van der Waals surface area contributed by atoms with E-state index >= 15 is 0 Å². The molecule has 0 nitrogen and oxygen atoms in total. The fourth-order valence-electron chi connectivity index (χ4n) is 1.50. The lowest BCUT2D eigenvalue weighted by Gasteiger charge is -2.01. The Hall–Kier alpha value is -0.110. The number of hydrogen-bond donors (Lipinski definition) is 0. The van der Waals surface area contributed by atoms with E-state index in [2.05, 4.69) is 30.3 Å². The van der Waals surface area contributed by atoms with Crippen molar-refractivity contribution in [1.29, 1.82) is 0 Å². The molecule has 0 fully saturated rings. The van der Waals surface area contributed by atoms with E-state index in [0.29, 0.717) is 4.49 Å². The lowest BCUT2D eigenvalue weighted by atomic mass is 10.2.